The van der Waals surface area contributed by atoms with E-state index >= 15 is 0 Å². The van der Waals surface area contributed by atoms with E-state index < -0.39 is 5.92 Å². The largest absolute Gasteiger partial charge is 0.496 e. The third-order valence-corrected chi connectivity index (χ3v) is 6.66. The molecule has 1 atom stereocenters. The fraction of sp³-hybridized carbons (Fsp3) is 0.300. The van der Waals surface area contributed by atoms with Gasteiger partial charge in [-0.15, -0.1) is 0 Å². The van der Waals surface area contributed by atoms with E-state index in [9.17, 15) is 14.4 Å². The van der Waals surface area contributed by atoms with E-state index in [1.54, 1.807) is 36.3 Å². The fourth-order valence-corrected chi connectivity index (χ4v) is 4.56. The Labute approximate surface area is 222 Å². The molecule has 3 aromatic rings. The van der Waals surface area contributed by atoms with Crippen LogP contribution in [0, 0.1) is 12.8 Å². The lowest BCUT2D eigenvalue weighted by atomic mass is 10.1. The first-order valence-electron chi connectivity index (χ1n) is 12.7. The lowest BCUT2D eigenvalue weighted by Crippen LogP contribution is -2.32. The molecule has 1 aliphatic heterocycles. The molecule has 0 bridgehead atoms. The minimum atomic E-state index is -0.439. The quantitative estimate of drug-likeness (QED) is 0.421. The van der Waals surface area contributed by atoms with Crippen LogP contribution in [-0.4, -0.2) is 38.0 Å². The average Bonchev–Trinajstić information content (AvgIpc) is 3.33. The molecule has 3 aromatic carbocycles. The number of hydrogen-bond acceptors (Lipinski definition) is 5. The Hall–Kier alpha value is -4.33. The second-order valence-corrected chi connectivity index (χ2v) is 9.23. The number of anilines is 2. The third-order valence-electron chi connectivity index (χ3n) is 6.66. The molecular formula is C30H33N3O5. The van der Waals surface area contributed by atoms with Gasteiger partial charge >= 0.3 is 0 Å². The Bertz CT molecular complexity index is 1310. The molecular weight excluding hydrogens is 482 g/mol. The van der Waals surface area contributed by atoms with Gasteiger partial charge in [0.25, 0.3) is 5.91 Å². The van der Waals surface area contributed by atoms with Crippen molar-refractivity contribution in [1.29, 1.82) is 0 Å². The van der Waals surface area contributed by atoms with Crippen molar-refractivity contribution in [2.45, 2.75) is 33.2 Å². The minimum absolute atomic E-state index is 0.111. The molecule has 0 aliphatic carbocycles. The molecule has 0 unspecified atom stereocenters. The summed E-state index contributed by atoms with van der Waals surface area (Å²) in [4.78, 5) is 39.5. The zero-order chi connectivity index (χ0) is 27.1. The van der Waals surface area contributed by atoms with Gasteiger partial charge in [0.2, 0.25) is 11.8 Å². The number of nitrogens with zero attached hydrogens (tertiary/aromatic N) is 1. The Kier molecular flexibility index (Phi) is 8.63. The summed E-state index contributed by atoms with van der Waals surface area (Å²) in [5, 5.41) is 5.86. The van der Waals surface area contributed by atoms with Crippen molar-refractivity contribution in [1.82, 2.24) is 5.32 Å². The number of aryl methyl sites for hydroxylation is 2. The number of carbonyl (C=O) groups is 3. The van der Waals surface area contributed by atoms with Crippen LogP contribution in [-0.2, 0) is 27.3 Å². The highest BCUT2D eigenvalue weighted by Crippen LogP contribution is 2.27. The van der Waals surface area contributed by atoms with Crippen LogP contribution in [0.25, 0.3) is 0 Å². The van der Waals surface area contributed by atoms with Crippen LogP contribution in [0.5, 0.6) is 11.5 Å². The number of carbonyl (C=O) groups excluding carboxylic acids is 3. The minimum Gasteiger partial charge on any atom is -0.496 e. The smallest absolute Gasteiger partial charge is 0.262 e. The van der Waals surface area contributed by atoms with Crippen LogP contribution < -0.4 is 25.0 Å². The van der Waals surface area contributed by atoms with Crippen molar-refractivity contribution in [3.05, 3.63) is 83.4 Å². The number of benzene rings is 3. The molecule has 38 heavy (non-hydrogen) atoms. The van der Waals surface area contributed by atoms with Gasteiger partial charge in [0.05, 0.1) is 13.0 Å². The molecule has 0 spiro atoms. The predicted molar refractivity (Wildman–Crippen MR) is 146 cm³/mol. The molecule has 8 nitrogen and oxygen atoms in total. The third kappa shape index (κ3) is 6.32. The number of ether oxygens (including phenoxy) is 2. The summed E-state index contributed by atoms with van der Waals surface area (Å²) >= 11 is 0. The summed E-state index contributed by atoms with van der Waals surface area (Å²) in [7, 11) is 1.59. The Morgan fingerprint density at radius 2 is 1.74 bits per heavy atom. The van der Waals surface area contributed by atoms with Crippen molar-refractivity contribution in [2.75, 3.05) is 30.5 Å². The van der Waals surface area contributed by atoms with Gasteiger partial charge in [-0.05, 0) is 54.8 Å². The molecule has 1 aliphatic rings. The van der Waals surface area contributed by atoms with Gasteiger partial charge in [0.1, 0.15) is 11.5 Å². The topological polar surface area (TPSA) is 97.0 Å². The molecule has 0 radical (unpaired) electrons. The van der Waals surface area contributed by atoms with E-state index in [2.05, 4.69) is 10.6 Å². The maximum Gasteiger partial charge on any atom is 0.262 e. The predicted octanol–water partition coefficient (Wildman–Crippen LogP) is 4.25. The van der Waals surface area contributed by atoms with Crippen molar-refractivity contribution < 1.29 is 23.9 Å². The highest BCUT2D eigenvalue weighted by Gasteiger charge is 2.35. The van der Waals surface area contributed by atoms with Gasteiger partial charge < -0.3 is 25.0 Å². The second-order valence-electron chi connectivity index (χ2n) is 9.23. The number of para-hydroxylation sites is 2. The average molecular weight is 516 g/mol. The molecule has 198 valence electrons. The fourth-order valence-electron chi connectivity index (χ4n) is 4.56. The number of hydrogen-bond donors (Lipinski definition) is 2. The van der Waals surface area contributed by atoms with Crippen LogP contribution in [0.1, 0.15) is 30.0 Å². The first kappa shape index (κ1) is 26.7. The Morgan fingerprint density at radius 3 is 2.47 bits per heavy atom. The number of rotatable bonds is 10. The standard InChI is InChI=1S/C30H33N3O5/c1-4-21-10-7-8-20(2)29(21)32-27(34)19-38-25-14-12-24(13-15-25)33-18-23(16-28(33)35)30(36)31-17-22-9-5-6-11-26(22)37-3/h5-15,23H,4,16-19H2,1-3H3,(H,31,36)(H,32,34)/t23-/m1/s1. The summed E-state index contributed by atoms with van der Waals surface area (Å²) in [5.74, 6) is 0.263. The lowest BCUT2D eigenvalue weighted by molar-refractivity contribution is -0.126. The maximum absolute atomic E-state index is 12.7. The van der Waals surface area contributed by atoms with E-state index in [1.807, 2.05) is 56.3 Å². The lowest BCUT2D eigenvalue weighted by Gasteiger charge is -2.17. The van der Waals surface area contributed by atoms with Gasteiger partial charge in [-0.1, -0.05) is 43.3 Å². The van der Waals surface area contributed by atoms with Crippen LogP contribution in [0.3, 0.4) is 0 Å². The van der Waals surface area contributed by atoms with Crippen molar-refractivity contribution in [2.24, 2.45) is 5.92 Å². The molecule has 1 saturated heterocycles. The number of amides is 3. The van der Waals surface area contributed by atoms with Crippen LogP contribution in [0.15, 0.2) is 66.7 Å². The molecule has 4 rings (SSSR count). The molecule has 1 fully saturated rings. The summed E-state index contributed by atoms with van der Waals surface area (Å²) in [6.45, 7) is 4.51. The van der Waals surface area contributed by atoms with Crippen molar-refractivity contribution >= 4 is 29.1 Å². The van der Waals surface area contributed by atoms with Gasteiger partial charge in [-0.3, -0.25) is 14.4 Å². The van der Waals surface area contributed by atoms with E-state index in [0.29, 0.717) is 30.3 Å². The molecule has 2 N–H and O–H groups in total. The van der Waals surface area contributed by atoms with Gasteiger partial charge in [0.15, 0.2) is 6.61 Å². The monoisotopic (exact) mass is 515 g/mol. The van der Waals surface area contributed by atoms with Gasteiger partial charge in [-0.25, -0.2) is 0 Å². The summed E-state index contributed by atoms with van der Waals surface area (Å²) in [5.41, 5.74) is 4.46. The Morgan fingerprint density at radius 1 is 1.00 bits per heavy atom. The van der Waals surface area contributed by atoms with Gasteiger partial charge in [-0.2, -0.15) is 0 Å². The maximum atomic E-state index is 12.7. The van der Waals surface area contributed by atoms with Crippen molar-refractivity contribution in [3.8, 4) is 11.5 Å². The van der Waals surface area contributed by atoms with Gasteiger partial charge in [0, 0.05) is 36.4 Å². The summed E-state index contributed by atoms with van der Waals surface area (Å²) in [6.07, 6.45) is 0.966. The Balaban J connectivity index is 1.29. The first-order chi connectivity index (χ1) is 18.4. The summed E-state index contributed by atoms with van der Waals surface area (Å²) in [6, 6.07) is 20.4. The molecule has 8 heteroatoms. The second kappa shape index (κ2) is 12.3. The van der Waals surface area contributed by atoms with E-state index in [1.165, 1.54) is 0 Å². The zero-order valence-electron chi connectivity index (χ0n) is 22.0. The molecule has 0 saturated carbocycles. The molecule has 0 aromatic heterocycles. The highest BCUT2D eigenvalue weighted by atomic mass is 16.5. The number of nitrogens with one attached hydrogen (secondary N) is 2. The van der Waals surface area contributed by atoms with E-state index in [0.717, 1.165) is 28.8 Å². The molecule has 3 amide bonds. The van der Waals surface area contributed by atoms with Crippen molar-refractivity contribution in [3.63, 3.8) is 0 Å². The van der Waals surface area contributed by atoms with E-state index in [-0.39, 0.29) is 30.7 Å². The number of methoxy groups -OCH3 is 1. The normalized spacial score (nSPS) is 14.8. The summed E-state index contributed by atoms with van der Waals surface area (Å²) < 4.78 is 11.0. The highest BCUT2D eigenvalue weighted by molar-refractivity contribution is 6.00. The molecule has 1 heterocycles. The zero-order valence-corrected chi connectivity index (χ0v) is 22.0. The van der Waals surface area contributed by atoms with Crippen LogP contribution >= 0.6 is 0 Å². The van der Waals surface area contributed by atoms with Crippen LogP contribution in [0.2, 0.25) is 0 Å². The van der Waals surface area contributed by atoms with E-state index in [4.69, 9.17) is 9.47 Å². The first-order valence-corrected chi connectivity index (χ1v) is 12.7. The SMILES string of the molecule is CCc1cccc(C)c1NC(=O)COc1ccc(N2C[C@H](C(=O)NCc3ccccc3OC)CC2=O)cc1. The van der Waals surface area contributed by atoms with Crippen LogP contribution in [0.4, 0.5) is 11.4 Å².